The minimum absolute atomic E-state index is 0.0134. The van der Waals surface area contributed by atoms with Crippen LogP contribution in [0.2, 0.25) is 5.02 Å². The van der Waals surface area contributed by atoms with E-state index in [2.05, 4.69) is 0 Å². The molecule has 0 aliphatic carbocycles. The largest absolute Gasteiger partial charge is 0.489 e. The van der Waals surface area contributed by atoms with E-state index in [1.54, 1.807) is 30.3 Å². The van der Waals surface area contributed by atoms with Gasteiger partial charge < -0.3 is 15.6 Å². The number of nitrogens with two attached hydrogens (primary N) is 1. The van der Waals surface area contributed by atoms with E-state index in [0.717, 1.165) is 5.56 Å². The van der Waals surface area contributed by atoms with Gasteiger partial charge in [-0.25, -0.2) is 4.39 Å². The Balaban J connectivity index is 1.98. The number of halogens is 2. The molecule has 2 aromatic carbocycles. The molecule has 0 spiro atoms. The Morgan fingerprint density at radius 3 is 2.55 bits per heavy atom. The SMILES string of the molecule is N[C@H](Cc1ccc(OCc2c(F)cccc2Cl)cc1)C(=O)O. The highest BCUT2D eigenvalue weighted by atomic mass is 35.5. The smallest absolute Gasteiger partial charge is 0.320 e. The first kappa shape index (κ1) is 16.3. The van der Waals surface area contributed by atoms with Crippen molar-refractivity contribution in [2.75, 3.05) is 0 Å². The molecule has 0 radical (unpaired) electrons. The maximum Gasteiger partial charge on any atom is 0.320 e. The van der Waals surface area contributed by atoms with Crippen molar-refractivity contribution in [1.29, 1.82) is 0 Å². The molecule has 2 rings (SSSR count). The Morgan fingerprint density at radius 2 is 1.95 bits per heavy atom. The van der Waals surface area contributed by atoms with Gasteiger partial charge in [0.15, 0.2) is 0 Å². The number of benzene rings is 2. The molecule has 1 atom stereocenters. The maximum absolute atomic E-state index is 13.6. The van der Waals surface area contributed by atoms with Gasteiger partial charge in [0, 0.05) is 5.56 Å². The second kappa shape index (κ2) is 7.24. The lowest BCUT2D eigenvalue weighted by Crippen LogP contribution is -2.32. The predicted molar refractivity (Wildman–Crippen MR) is 81.5 cm³/mol. The lowest BCUT2D eigenvalue weighted by atomic mass is 10.1. The molecule has 4 nitrogen and oxygen atoms in total. The number of hydrogen-bond donors (Lipinski definition) is 2. The Hall–Kier alpha value is -2.11. The van der Waals surface area contributed by atoms with Crippen LogP contribution in [0.25, 0.3) is 0 Å². The van der Waals surface area contributed by atoms with Gasteiger partial charge in [0.2, 0.25) is 0 Å². The number of rotatable bonds is 6. The highest BCUT2D eigenvalue weighted by molar-refractivity contribution is 6.31. The van der Waals surface area contributed by atoms with Crippen molar-refractivity contribution in [3.63, 3.8) is 0 Å². The summed E-state index contributed by atoms with van der Waals surface area (Å²) in [5, 5.41) is 9.07. The molecule has 2 aromatic rings. The summed E-state index contributed by atoms with van der Waals surface area (Å²) in [4.78, 5) is 10.7. The van der Waals surface area contributed by atoms with Crippen molar-refractivity contribution in [2.45, 2.75) is 19.1 Å². The van der Waals surface area contributed by atoms with E-state index >= 15 is 0 Å². The molecule has 0 saturated carbocycles. The van der Waals surface area contributed by atoms with E-state index < -0.39 is 17.8 Å². The van der Waals surface area contributed by atoms with Crippen LogP contribution in [0.3, 0.4) is 0 Å². The van der Waals surface area contributed by atoms with Crippen LogP contribution in [-0.2, 0) is 17.8 Å². The fraction of sp³-hybridized carbons (Fsp3) is 0.188. The molecule has 0 aromatic heterocycles. The summed E-state index contributed by atoms with van der Waals surface area (Å²) in [7, 11) is 0. The van der Waals surface area contributed by atoms with Crippen LogP contribution in [0, 0.1) is 5.82 Å². The maximum atomic E-state index is 13.6. The summed E-state index contributed by atoms with van der Waals surface area (Å²) < 4.78 is 19.1. The van der Waals surface area contributed by atoms with E-state index in [0.29, 0.717) is 16.3 Å². The van der Waals surface area contributed by atoms with Crippen molar-refractivity contribution in [3.05, 3.63) is 64.4 Å². The van der Waals surface area contributed by atoms with Crippen LogP contribution in [0.1, 0.15) is 11.1 Å². The summed E-state index contributed by atoms with van der Waals surface area (Å²) in [5.41, 5.74) is 6.54. The summed E-state index contributed by atoms with van der Waals surface area (Å²) >= 11 is 5.92. The second-order valence-corrected chi connectivity index (χ2v) is 5.19. The topological polar surface area (TPSA) is 72.5 Å². The summed E-state index contributed by atoms with van der Waals surface area (Å²) in [6, 6.07) is 10.3. The first-order valence-corrected chi connectivity index (χ1v) is 6.98. The van der Waals surface area contributed by atoms with Gasteiger partial charge in [-0.2, -0.15) is 0 Å². The zero-order chi connectivity index (χ0) is 16.1. The summed E-state index contributed by atoms with van der Waals surface area (Å²) in [6.45, 7) is 0.0134. The first-order chi connectivity index (χ1) is 10.5. The Kier molecular flexibility index (Phi) is 5.35. The van der Waals surface area contributed by atoms with E-state index in [1.165, 1.54) is 12.1 Å². The van der Waals surface area contributed by atoms with Gasteiger partial charge in [-0.15, -0.1) is 0 Å². The predicted octanol–water partition coefficient (Wildman–Crippen LogP) is 3.01. The van der Waals surface area contributed by atoms with Gasteiger partial charge in [0.1, 0.15) is 24.2 Å². The number of aliphatic carboxylic acids is 1. The highest BCUT2D eigenvalue weighted by Crippen LogP contribution is 2.21. The number of carbonyl (C=O) groups is 1. The third-order valence-electron chi connectivity index (χ3n) is 3.14. The molecule has 22 heavy (non-hydrogen) atoms. The zero-order valence-electron chi connectivity index (χ0n) is 11.6. The highest BCUT2D eigenvalue weighted by Gasteiger charge is 2.12. The Labute approximate surface area is 132 Å². The standard InChI is InChI=1S/C16H15ClFNO3/c17-13-2-1-3-14(18)12(13)9-22-11-6-4-10(5-7-11)8-15(19)16(20)21/h1-7,15H,8-9,19H2,(H,20,21)/t15-/m1/s1. The molecule has 6 heteroatoms. The minimum atomic E-state index is -1.05. The van der Waals surface area contributed by atoms with Crippen molar-refractivity contribution in [2.24, 2.45) is 5.73 Å². The van der Waals surface area contributed by atoms with Crippen molar-refractivity contribution >= 4 is 17.6 Å². The Morgan fingerprint density at radius 1 is 1.27 bits per heavy atom. The molecule has 3 N–H and O–H groups in total. The molecule has 0 fully saturated rings. The molecule has 0 saturated heterocycles. The van der Waals surface area contributed by atoms with Crippen LogP contribution in [-0.4, -0.2) is 17.1 Å². The van der Waals surface area contributed by atoms with Gasteiger partial charge in [0.05, 0.1) is 5.02 Å². The monoisotopic (exact) mass is 323 g/mol. The molecule has 0 bridgehead atoms. The summed E-state index contributed by atoms with van der Waals surface area (Å²) in [5.74, 6) is -0.932. The number of carboxylic acid groups (broad SMARTS) is 1. The number of hydrogen-bond acceptors (Lipinski definition) is 3. The lowest BCUT2D eigenvalue weighted by molar-refractivity contribution is -0.138. The molecule has 0 amide bonds. The molecule has 0 aliphatic heterocycles. The van der Waals surface area contributed by atoms with E-state index in [9.17, 15) is 9.18 Å². The normalized spacial score (nSPS) is 12.0. The Bertz CT molecular complexity index is 641. The van der Waals surface area contributed by atoms with Crippen LogP contribution in [0.4, 0.5) is 4.39 Å². The molecule has 116 valence electrons. The van der Waals surface area contributed by atoms with E-state index in [1.807, 2.05) is 0 Å². The van der Waals surface area contributed by atoms with Crippen molar-refractivity contribution in [3.8, 4) is 5.75 Å². The number of ether oxygens (including phenoxy) is 1. The third-order valence-corrected chi connectivity index (χ3v) is 3.50. The second-order valence-electron chi connectivity index (χ2n) is 4.78. The van der Waals surface area contributed by atoms with Gasteiger partial charge in [-0.05, 0) is 36.2 Å². The molecule has 0 heterocycles. The number of carboxylic acids is 1. The van der Waals surface area contributed by atoms with Crippen molar-refractivity contribution in [1.82, 2.24) is 0 Å². The van der Waals surface area contributed by atoms with Gasteiger partial charge in [-0.1, -0.05) is 29.8 Å². The van der Waals surface area contributed by atoms with Crippen LogP contribution >= 0.6 is 11.6 Å². The average Bonchev–Trinajstić information content (AvgIpc) is 2.48. The average molecular weight is 324 g/mol. The quantitative estimate of drug-likeness (QED) is 0.857. The molecular formula is C16H15ClFNO3. The van der Waals surface area contributed by atoms with Gasteiger partial charge >= 0.3 is 5.97 Å². The first-order valence-electron chi connectivity index (χ1n) is 6.60. The van der Waals surface area contributed by atoms with Crippen molar-refractivity contribution < 1.29 is 19.0 Å². The van der Waals surface area contributed by atoms with E-state index in [4.69, 9.17) is 27.2 Å². The van der Waals surface area contributed by atoms with Gasteiger partial charge in [-0.3, -0.25) is 4.79 Å². The van der Waals surface area contributed by atoms with E-state index in [-0.39, 0.29) is 13.0 Å². The van der Waals surface area contributed by atoms with Crippen LogP contribution in [0.15, 0.2) is 42.5 Å². The summed E-state index contributed by atoms with van der Waals surface area (Å²) in [6.07, 6.45) is 0.231. The molecular weight excluding hydrogens is 309 g/mol. The lowest BCUT2D eigenvalue weighted by Gasteiger charge is -2.10. The van der Waals surface area contributed by atoms with Crippen LogP contribution in [0.5, 0.6) is 5.75 Å². The fourth-order valence-corrected chi connectivity index (χ4v) is 2.11. The van der Waals surface area contributed by atoms with Gasteiger partial charge in [0.25, 0.3) is 0 Å². The zero-order valence-corrected chi connectivity index (χ0v) is 12.4. The minimum Gasteiger partial charge on any atom is -0.489 e. The molecule has 0 aliphatic rings. The molecule has 0 unspecified atom stereocenters. The fourth-order valence-electron chi connectivity index (χ4n) is 1.89. The van der Waals surface area contributed by atoms with Crippen LogP contribution < -0.4 is 10.5 Å². The third kappa shape index (κ3) is 4.19.